The molecule has 4 bridgehead atoms. The Labute approximate surface area is 131 Å². The summed E-state index contributed by atoms with van der Waals surface area (Å²) in [5.41, 5.74) is 6.01. The molecule has 4 fully saturated rings. The summed E-state index contributed by atoms with van der Waals surface area (Å²) in [6.07, 6.45) is 9.84. The van der Waals surface area contributed by atoms with E-state index >= 15 is 0 Å². The molecule has 0 atom stereocenters. The number of hydrogen-bond donors (Lipinski definition) is 0. The van der Waals surface area contributed by atoms with E-state index in [9.17, 15) is 0 Å². The van der Waals surface area contributed by atoms with E-state index in [-0.39, 0.29) is 0 Å². The van der Waals surface area contributed by atoms with Crippen LogP contribution in [0.4, 0.5) is 0 Å². The van der Waals surface area contributed by atoms with Crippen LogP contribution in [0.1, 0.15) is 55.5 Å². The van der Waals surface area contributed by atoms with E-state index in [1.807, 2.05) is 0 Å². The fourth-order valence-electron chi connectivity index (χ4n) is 6.50. The van der Waals surface area contributed by atoms with Gasteiger partial charge < -0.3 is 0 Å². The minimum absolute atomic E-state index is 0.432. The number of rotatable bonds is 1. The smallest absolute Gasteiger partial charge is 0.0694 e. The van der Waals surface area contributed by atoms with E-state index < -0.39 is 0 Å². The largest absolute Gasteiger partial charge is 0.237 e. The number of hydrogen-bond acceptors (Lipinski definition) is 1. The maximum atomic E-state index is 5.14. The van der Waals surface area contributed by atoms with Crippen LogP contribution in [-0.4, -0.2) is 9.78 Å². The second kappa shape index (κ2) is 3.84. The van der Waals surface area contributed by atoms with Crippen molar-refractivity contribution in [3.8, 4) is 5.69 Å². The van der Waals surface area contributed by atoms with Crippen LogP contribution in [0, 0.1) is 17.8 Å². The van der Waals surface area contributed by atoms with Gasteiger partial charge in [-0.15, -0.1) is 0 Å². The number of benzene rings is 1. The summed E-state index contributed by atoms with van der Waals surface area (Å²) in [4.78, 5) is 0. The maximum Gasteiger partial charge on any atom is 0.0694 e. The fourth-order valence-corrected chi connectivity index (χ4v) is 6.50. The first-order chi connectivity index (χ1) is 10.8. The average molecular weight is 290 g/mol. The molecule has 1 aliphatic heterocycles. The summed E-state index contributed by atoms with van der Waals surface area (Å²) >= 11 is 0. The zero-order chi connectivity index (χ0) is 14.3. The van der Waals surface area contributed by atoms with Crippen LogP contribution in [0.3, 0.4) is 0 Å². The predicted octanol–water partition coefficient (Wildman–Crippen LogP) is 4.24. The molecular formula is C20H22N2. The van der Waals surface area contributed by atoms with Gasteiger partial charge in [-0.2, -0.15) is 5.10 Å². The Bertz CT molecular complexity index is 734. The fraction of sp³-hybridized carbons (Fsp3) is 0.550. The zero-order valence-corrected chi connectivity index (χ0v) is 13.0. The highest BCUT2D eigenvalue weighted by Crippen LogP contribution is 2.60. The van der Waals surface area contributed by atoms with Crippen molar-refractivity contribution in [3.05, 3.63) is 47.3 Å². The lowest BCUT2D eigenvalue weighted by molar-refractivity contribution is -0.00735. The molecule has 0 amide bonds. The van der Waals surface area contributed by atoms with Crippen LogP contribution in [0.15, 0.2) is 30.3 Å². The molecule has 0 spiro atoms. The van der Waals surface area contributed by atoms with Crippen molar-refractivity contribution < 1.29 is 0 Å². The number of aromatic nitrogens is 2. The van der Waals surface area contributed by atoms with Crippen molar-refractivity contribution in [2.24, 2.45) is 17.8 Å². The van der Waals surface area contributed by atoms with Gasteiger partial charge in [0, 0.05) is 17.5 Å². The van der Waals surface area contributed by atoms with Crippen molar-refractivity contribution in [3.63, 3.8) is 0 Å². The molecule has 5 aliphatic rings. The normalized spacial score (nSPS) is 37.4. The summed E-state index contributed by atoms with van der Waals surface area (Å²) in [6.45, 7) is 0. The SMILES string of the molecule is c1ccc2c(c1)Cc1cc(C34CC5CC(CC(C5)C3)C4)nn1-2. The molecule has 0 unspecified atom stereocenters. The highest BCUT2D eigenvalue weighted by atomic mass is 15.3. The maximum absolute atomic E-state index is 5.14. The Morgan fingerprint density at radius 1 is 0.955 bits per heavy atom. The topological polar surface area (TPSA) is 17.8 Å². The molecule has 2 nitrogen and oxygen atoms in total. The first-order valence-corrected chi connectivity index (χ1v) is 8.97. The molecule has 2 heteroatoms. The summed E-state index contributed by atoms with van der Waals surface area (Å²) < 4.78 is 2.24. The van der Waals surface area contributed by atoms with Gasteiger partial charge in [0.25, 0.3) is 0 Å². The number of fused-ring (bicyclic) bond motifs is 3. The van der Waals surface area contributed by atoms with Gasteiger partial charge in [0.1, 0.15) is 0 Å². The van der Waals surface area contributed by atoms with Gasteiger partial charge >= 0.3 is 0 Å². The molecule has 0 saturated heterocycles. The Morgan fingerprint density at radius 2 is 1.64 bits per heavy atom. The Hall–Kier alpha value is -1.57. The molecule has 4 saturated carbocycles. The van der Waals surface area contributed by atoms with Crippen molar-refractivity contribution >= 4 is 0 Å². The van der Waals surface area contributed by atoms with Crippen LogP contribution in [0.2, 0.25) is 0 Å². The van der Waals surface area contributed by atoms with Gasteiger partial charge in [-0.1, -0.05) is 18.2 Å². The summed E-state index contributed by atoms with van der Waals surface area (Å²) in [5, 5.41) is 5.14. The van der Waals surface area contributed by atoms with E-state index in [4.69, 9.17) is 5.10 Å². The molecule has 112 valence electrons. The van der Waals surface area contributed by atoms with Gasteiger partial charge in [0.2, 0.25) is 0 Å². The first kappa shape index (κ1) is 11.9. The summed E-state index contributed by atoms with van der Waals surface area (Å²) in [7, 11) is 0. The Balaban J connectivity index is 1.46. The van der Waals surface area contributed by atoms with E-state index in [1.165, 1.54) is 61.2 Å². The third-order valence-electron chi connectivity index (χ3n) is 6.96. The van der Waals surface area contributed by atoms with E-state index in [1.54, 1.807) is 0 Å². The van der Waals surface area contributed by atoms with E-state index in [0.717, 1.165) is 24.2 Å². The standard InChI is InChI=1S/C20H22N2/c1-2-4-18-16(3-1)8-17-9-19(21-22(17)18)20-10-13-5-14(11-20)7-15(6-13)12-20/h1-4,9,13-15H,5-8,10-12H2. The van der Waals surface area contributed by atoms with Crippen LogP contribution in [0.25, 0.3) is 5.69 Å². The van der Waals surface area contributed by atoms with Gasteiger partial charge in [-0.3, -0.25) is 0 Å². The zero-order valence-electron chi connectivity index (χ0n) is 13.0. The molecule has 22 heavy (non-hydrogen) atoms. The Morgan fingerprint density at radius 3 is 2.36 bits per heavy atom. The first-order valence-electron chi connectivity index (χ1n) is 8.97. The van der Waals surface area contributed by atoms with Gasteiger partial charge in [0.15, 0.2) is 0 Å². The lowest BCUT2D eigenvalue weighted by Gasteiger charge is -2.56. The molecule has 1 aromatic heterocycles. The van der Waals surface area contributed by atoms with Crippen molar-refractivity contribution in [2.75, 3.05) is 0 Å². The van der Waals surface area contributed by atoms with Crippen LogP contribution >= 0.6 is 0 Å². The van der Waals surface area contributed by atoms with Crippen molar-refractivity contribution in [1.29, 1.82) is 0 Å². The average Bonchev–Trinajstić information content (AvgIpc) is 3.03. The molecule has 2 aromatic rings. The quantitative estimate of drug-likeness (QED) is 0.655. The number of para-hydroxylation sites is 1. The van der Waals surface area contributed by atoms with Crippen molar-refractivity contribution in [1.82, 2.24) is 9.78 Å². The minimum atomic E-state index is 0.432. The van der Waals surface area contributed by atoms with Crippen LogP contribution in [0.5, 0.6) is 0 Å². The van der Waals surface area contributed by atoms with E-state index in [0.29, 0.717) is 5.41 Å². The van der Waals surface area contributed by atoms with Crippen molar-refractivity contribution in [2.45, 2.75) is 50.4 Å². The highest BCUT2D eigenvalue weighted by Gasteiger charge is 2.52. The molecule has 1 aromatic carbocycles. The lowest BCUT2D eigenvalue weighted by atomic mass is 9.49. The molecule has 0 radical (unpaired) electrons. The molecule has 0 N–H and O–H groups in total. The molecule has 7 rings (SSSR count). The predicted molar refractivity (Wildman–Crippen MR) is 86.2 cm³/mol. The molecule has 4 aliphatic carbocycles. The van der Waals surface area contributed by atoms with E-state index in [2.05, 4.69) is 35.0 Å². The third-order valence-corrected chi connectivity index (χ3v) is 6.96. The third kappa shape index (κ3) is 1.44. The molecule has 2 heterocycles. The van der Waals surface area contributed by atoms with Gasteiger partial charge in [0.05, 0.1) is 11.4 Å². The molecular weight excluding hydrogens is 268 g/mol. The van der Waals surface area contributed by atoms with Crippen LogP contribution < -0.4 is 0 Å². The van der Waals surface area contributed by atoms with Gasteiger partial charge in [-0.25, -0.2) is 4.68 Å². The second-order valence-corrected chi connectivity index (χ2v) is 8.44. The second-order valence-electron chi connectivity index (χ2n) is 8.44. The number of nitrogens with zero attached hydrogens (tertiary/aromatic N) is 2. The monoisotopic (exact) mass is 290 g/mol. The summed E-state index contributed by atoms with van der Waals surface area (Å²) in [5.74, 6) is 2.99. The minimum Gasteiger partial charge on any atom is -0.237 e. The lowest BCUT2D eigenvalue weighted by Crippen LogP contribution is -2.48. The van der Waals surface area contributed by atoms with Gasteiger partial charge in [-0.05, 0) is 74.0 Å². The Kier molecular flexibility index (Phi) is 2.08. The summed E-state index contributed by atoms with van der Waals surface area (Å²) in [6, 6.07) is 11.2. The highest BCUT2D eigenvalue weighted by molar-refractivity contribution is 5.50. The van der Waals surface area contributed by atoms with Crippen LogP contribution in [-0.2, 0) is 11.8 Å².